The fourth-order valence-corrected chi connectivity index (χ4v) is 2.91. The second kappa shape index (κ2) is 8.98. The molecular weight excluding hydrogens is 340 g/mol. The summed E-state index contributed by atoms with van der Waals surface area (Å²) >= 11 is 0. The summed E-state index contributed by atoms with van der Waals surface area (Å²) in [5.74, 6) is 2.11. The molecule has 142 valence electrons. The van der Waals surface area contributed by atoms with Gasteiger partial charge in [-0.05, 0) is 36.6 Å². The molecule has 1 heterocycles. The van der Waals surface area contributed by atoms with E-state index in [4.69, 9.17) is 9.47 Å². The highest BCUT2D eigenvalue weighted by atomic mass is 16.5. The van der Waals surface area contributed by atoms with Crippen LogP contribution < -0.4 is 20.1 Å². The van der Waals surface area contributed by atoms with E-state index in [1.54, 1.807) is 14.2 Å². The van der Waals surface area contributed by atoms with Gasteiger partial charge in [0.1, 0.15) is 0 Å². The number of hydrogen-bond acceptors (Lipinski definition) is 3. The van der Waals surface area contributed by atoms with Crippen LogP contribution in [-0.2, 0) is 6.42 Å². The standard InChI is InChI=1S/C21H26N4O2/c1-4-22-21(25-16-9-10-19(26-2)20(14-16)27-3)23-12-11-17-13-15-7-5-6-8-18(15)24-17/h5-10,13-14,24H,4,11-12H2,1-3H3,(H2,22,23,25). The second-order valence-corrected chi connectivity index (χ2v) is 6.09. The molecule has 3 aromatic rings. The Hall–Kier alpha value is -3.15. The summed E-state index contributed by atoms with van der Waals surface area (Å²) in [7, 11) is 3.25. The fraction of sp³-hybridized carbons (Fsp3) is 0.286. The minimum Gasteiger partial charge on any atom is -0.493 e. The number of methoxy groups -OCH3 is 2. The van der Waals surface area contributed by atoms with E-state index < -0.39 is 0 Å². The molecule has 0 unspecified atom stereocenters. The van der Waals surface area contributed by atoms with Crippen LogP contribution in [0.1, 0.15) is 12.6 Å². The molecule has 0 radical (unpaired) electrons. The van der Waals surface area contributed by atoms with Gasteiger partial charge in [-0.25, -0.2) is 0 Å². The Labute approximate surface area is 159 Å². The first-order valence-corrected chi connectivity index (χ1v) is 9.07. The van der Waals surface area contributed by atoms with E-state index in [1.165, 1.54) is 11.1 Å². The Bertz CT molecular complexity index is 884. The molecule has 0 amide bonds. The largest absolute Gasteiger partial charge is 0.493 e. The van der Waals surface area contributed by atoms with Crippen LogP contribution in [0.2, 0.25) is 0 Å². The summed E-state index contributed by atoms with van der Waals surface area (Å²) < 4.78 is 10.6. The van der Waals surface area contributed by atoms with Gasteiger partial charge >= 0.3 is 0 Å². The molecule has 27 heavy (non-hydrogen) atoms. The van der Waals surface area contributed by atoms with Crippen LogP contribution >= 0.6 is 0 Å². The van der Waals surface area contributed by atoms with Crippen molar-refractivity contribution in [1.29, 1.82) is 0 Å². The van der Waals surface area contributed by atoms with Gasteiger partial charge in [0.25, 0.3) is 0 Å². The number of rotatable bonds is 7. The van der Waals surface area contributed by atoms with Gasteiger partial charge in [0.15, 0.2) is 17.5 Å². The number of aliphatic imine (C=N–C) groups is 1. The van der Waals surface area contributed by atoms with E-state index >= 15 is 0 Å². The van der Waals surface area contributed by atoms with Crippen LogP contribution in [0.15, 0.2) is 53.5 Å². The number of hydrogen-bond donors (Lipinski definition) is 3. The van der Waals surface area contributed by atoms with E-state index in [0.717, 1.165) is 30.1 Å². The van der Waals surface area contributed by atoms with E-state index in [-0.39, 0.29) is 0 Å². The summed E-state index contributed by atoms with van der Waals surface area (Å²) in [5, 5.41) is 7.81. The number of aromatic amines is 1. The van der Waals surface area contributed by atoms with E-state index in [0.29, 0.717) is 18.0 Å². The molecule has 0 aliphatic rings. The third-order valence-corrected chi connectivity index (χ3v) is 4.23. The van der Waals surface area contributed by atoms with Gasteiger partial charge in [-0.2, -0.15) is 0 Å². The Kier molecular flexibility index (Phi) is 6.20. The number of benzene rings is 2. The first-order valence-electron chi connectivity index (χ1n) is 9.07. The lowest BCUT2D eigenvalue weighted by Crippen LogP contribution is -2.30. The summed E-state index contributed by atoms with van der Waals surface area (Å²) in [5.41, 5.74) is 3.23. The van der Waals surface area contributed by atoms with Gasteiger partial charge in [0, 0.05) is 42.5 Å². The van der Waals surface area contributed by atoms with Gasteiger partial charge < -0.3 is 25.1 Å². The molecule has 0 saturated heterocycles. The minimum atomic E-state index is 0.676. The van der Waals surface area contributed by atoms with Crippen LogP contribution in [0, 0.1) is 0 Å². The van der Waals surface area contributed by atoms with Gasteiger partial charge in [-0.3, -0.25) is 4.99 Å². The monoisotopic (exact) mass is 366 g/mol. The zero-order valence-corrected chi connectivity index (χ0v) is 16.0. The summed E-state index contributed by atoms with van der Waals surface area (Å²) in [6.07, 6.45) is 0.844. The highest BCUT2D eigenvalue weighted by molar-refractivity contribution is 5.94. The maximum Gasteiger partial charge on any atom is 0.195 e. The van der Waals surface area contributed by atoms with Crippen molar-refractivity contribution in [2.45, 2.75) is 13.3 Å². The summed E-state index contributed by atoms with van der Waals surface area (Å²) in [6, 6.07) is 16.2. The van der Waals surface area contributed by atoms with E-state index in [9.17, 15) is 0 Å². The molecule has 0 spiro atoms. The predicted octanol–water partition coefficient (Wildman–Crippen LogP) is 3.81. The lowest BCUT2D eigenvalue weighted by Gasteiger charge is -2.13. The number of nitrogens with zero attached hydrogens (tertiary/aromatic N) is 1. The number of fused-ring (bicyclic) bond motifs is 1. The number of guanidine groups is 1. The number of para-hydroxylation sites is 1. The first kappa shape index (κ1) is 18.6. The molecule has 0 aliphatic carbocycles. The van der Waals surface area contributed by atoms with E-state index in [1.807, 2.05) is 31.2 Å². The zero-order valence-electron chi connectivity index (χ0n) is 16.0. The molecule has 0 fully saturated rings. The van der Waals surface area contributed by atoms with Crippen LogP contribution in [0.4, 0.5) is 5.69 Å². The zero-order chi connectivity index (χ0) is 19.1. The van der Waals surface area contributed by atoms with Crippen molar-refractivity contribution in [1.82, 2.24) is 10.3 Å². The van der Waals surface area contributed by atoms with Crippen molar-refractivity contribution < 1.29 is 9.47 Å². The maximum atomic E-state index is 5.36. The van der Waals surface area contributed by atoms with Crippen molar-refractivity contribution in [3.05, 3.63) is 54.2 Å². The topological polar surface area (TPSA) is 70.7 Å². The smallest absolute Gasteiger partial charge is 0.195 e. The van der Waals surface area contributed by atoms with Crippen molar-refractivity contribution in [2.24, 2.45) is 4.99 Å². The Morgan fingerprint density at radius 2 is 1.85 bits per heavy atom. The third kappa shape index (κ3) is 4.73. The van der Waals surface area contributed by atoms with E-state index in [2.05, 4.69) is 44.9 Å². The summed E-state index contributed by atoms with van der Waals surface area (Å²) in [4.78, 5) is 8.11. The van der Waals surface area contributed by atoms with Crippen LogP contribution in [-0.4, -0.2) is 38.3 Å². The van der Waals surface area contributed by atoms with Crippen molar-refractivity contribution in [3.63, 3.8) is 0 Å². The van der Waals surface area contributed by atoms with Gasteiger partial charge in [-0.15, -0.1) is 0 Å². The molecule has 0 saturated carbocycles. The highest BCUT2D eigenvalue weighted by Gasteiger charge is 2.06. The first-order chi connectivity index (χ1) is 13.2. The molecule has 2 aromatic carbocycles. The average Bonchev–Trinajstić information content (AvgIpc) is 3.10. The molecule has 6 nitrogen and oxygen atoms in total. The van der Waals surface area contributed by atoms with Crippen LogP contribution in [0.5, 0.6) is 11.5 Å². The molecule has 3 N–H and O–H groups in total. The minimum absolute atomic E-state index is 0.676. The maximum absolute atomic E-state index is 5.36. The highest BCUT2D eigenvalue weighted by Crippen LogP contribution is 2.29. The molecule has 1 aromatic heterocycles. The second-order valence-electron chi connectivity index (χ2n) is 6.09. The number of aromatic nitrogens is 1. The molecule has 0 atom stereocenters. The number of nitrogens with one attached hydrogen (secondary N) is 3. The lowest BCUT2D eigenvalue weighted by molar-refractivity contribution is 0.355. The van der Waals surface area contributed by atoms with Gasteiger partial charge in [-0.1, -0.05) is 18.2 Å². The van der Waals surface area contributed by atoms with Crippen molar-refractivity contribution >= 4 is 22.5 Å². The van der Waals surface area contributed by atoms with Crippen molar-refractivity contribution in [2.75, 3.05) is 32.6 Å². The average molecular weight is 366 g/mol. The Morgan fingerprint density at radius 3 is 2.59 bits per heavy atom. The fourth-order valence-electron chi connectivity index (χ4n) is 2.91. The molecule has 3 rings (SSSR count). The number of anilines is 1. The lowest BCUT2D eigenvalue weighted by atomic mass is 10.2. The van der Waals surface area contributed by atoms with Gasteiger partial charge in [0.05, 0.1) is 14.2 Å². The molecule has 0 bridgehead atoms. The Morgan fingerprint density at radius 1 is 1.04 bits per heavy atom. The number of ether oxygens (including phenoxy) is 2. The SMILES string of the molecule is CCNC(=NCCc1cc2ccccc2[nH]1)Nc1ccc(OC)c(OC)c1. The van der Waals surface area contributed by atoms with Crippen LogP contribution in [0.25, 0.3) is 10.9 Å². The summed E-state index contributed by atoms with van der Waals surface area (Å²) in [6.45, 7) is 3.50. The Balaban J connectivity index is 1.67. The quantitative estimate of drug-likeness (QED) is 0.439. The third-order valence-electron chi connectivity index (χ3n) is 4.23. The molecule has 0 aliphatic heterocycles. The predicted molar refractivity (Wildman–Crippen MR) is 111 cm³/mol. The van der Waals surface area contributed by atoms with Crippen molar-refractivity contribution in [3.8, 4) is 11.5 Å². The molecule has 6 heteroatoms. The van der Waals surface area contributed by atoms with Crippen LogP contribution in [0.3, 0.4) is 0 Å². The normalized spacial score (nSPS) is 11.4. The molecular formula is C21H26N4O2. The van der Waals surface area contributed by atoms with Gasteiger partial charge in [0.2, 0.25) is 0 Å². The number of H-pyrrole nitrogens is 1.